The third-order valence-corrected chi connectivity index (χ3v) is 4.36. The molecule has 1 atom stereocenters. The average molecular weight is 279 g/mol. The lowest BCUT2D eigenvalue weighted by Crippen LogP contribution is -2.43. The highest BCUT2D eigenvalue weighted by atomic mass is 32.1. The molecule has 1 aromatic heterocycles. The molecule has 1 unspecified atom stereocenters. The number of thiophene rings is 1. The Kier molecular flexibility index (Phi) is 3.42. The van der Waals surface area contributed by atoms with E-state index in [2.05, 4.69) is 10.6 Å². The molecule has 2 aliphatic rings. The van der Waals surface area contributed by atoms with Crippen molar-refractivity contribution in [1.82, 2.24) is 15.5 Å². The van der Waals surface area contributed by atoms with Gasteiger partial charge in [-0.2, -0.15) is 0 Å². The van der Waals surface area contributed by atoms with Crippen molar-refractivity contribution in [2.24, 2.45) is 0 Å². The number of amides is 3. The Labute approximate surface area is 116 Å². The normalized spacial score (nSPS) is 22.6. The topological polar surface area (TPSA) is 61.4 Å². The summed E-state index contributed by atoms with van der Waals surface area (Å²) in [4.78, 5) is 26.5. The molecule has 0 bridgehead atoms. The standard InChI is InChI=1S/C13H17N3O2S/c17-12-6-9(8-16(12)10-3-4-10)15-13(18)14-7-11-2-1-5-19-11/h1-2,5,9-10H,3-4,6-8H2,(H2,14,15,18). The van der Waals surface area contributed by atoms with Crippen LogP contribution < -0.4 is 10.6 Å². The monoisotopic (exact) mass is 279 g/mol. The second kappa shape index (κ2) is 5.21. The predicted octanol–water partition coefficient (Wildman–Crippen LogP) is 1.31. The number of hydrogen-bond donors (Lipinski definition) is 2. The van der Waals surface area contributed by atoms with E-state index in [0.29, 0.717) is 25.6 Å². The van der Waals surface area contributed by atoms with E-state index >= 15 is 0 Å². The van der Waals surface area contributed by atoms with Crippen molar-refractivity contribution in [3.8, 4) is 0 Å². The Hall–Kier alpha value is -1.56. The number of urea groups is 1. The number of carbonyl (C=O) groups excluding carboxylic acids is 2. The Bertz CT molecular complexity index is 470. The van der Waals surface area contributed by atoms with Gasteiger partial charge in [0.15, 0.2) is 0 Å². The summed E-state index contributed by atoms with van der Waals surface area (Å²) in [6.45, 7) is 1.20. The van der Waals surface area contributed by atoms with Crippen LogP contribution in [0.15, 0.2) is 17.5 Å². The first-order valence-corrected chi connectivity index (χ1v) is 7.46. The molecule has 3 amide bonds. The van der Waals surface area contributed by atoms with Gasteiger partial charge in [0.2, 0.25) is 5.91 Å². The van der Waals surface area contributed by atoms with E-state index in [1.165, 1.54) is 0 Å². The molecule has 0 aromatic carbocycles. The third kappa shape index (κ3) is 3.07. The third-order valence-electron chi connectivity index (χ3n) is 3.48. The molecule has 2 N–H and O–H groups in total. The molecule has 1 saturated carbocycles. The molecule has 102 valence electrons. The number of nitrogens with one attached hydrogen (secondary N) is 2. The van der Waals surface area contributed by atoms with Crippen LogP contribution in [0.1, 0.15) is 24.1 Å². The molecule has 2 fully saturated rings. The van der Waals surface area contributed by atoms with Gasteiger partial charge in [-0.1, -0.05) is 6.07 Å². The molecule has 5 nitrogen and oxygen atoms in total. The summed E-state index contributed by atoms with van der Waals surface area (Å²) in [6, 6.07) is 4.15. The predicted molar refractivity (Wildman–Crippen MR) is 72.8 cm³/mol. The van der Waals surface area contributed by atoms with Gasteiger partial charge < -0.3 is 15.5 Å². The number of carbonyl (C=O) groups is 2. The smallest absolute Gasteiger partial charge is 0.315 e. The maximum absolute atomic E-state index is 11.7. The van der Waals surface area contributed by atoms with Crippen molar-refractivity contribution in [2.75, 3.05) is 6.54 Å². The molecule has 6 heteroatoms. The van der Waals surface area contributed by atoms with Crippen molar-refractivity contribution in [2.45, 2.75) is 37.9 Å². The van der Waals surface area contributed by atoms with Gasteiger partial charge in [-0.3, -0.25) is 4.79 Å². The summed E-state index contributed by atoms with van der Waals surface area (Å²) in [5.41, 5.74) is 0. The SMILES string of the molecule is O=C(NCc1cccs1)NC1CC(=O)N(C2CC2)C1. The van der Waals surface area contributed by atoms with Crippen LogP contribution in [-0.2, 0) is 11.3 Å². The van der Waals surface area contributed by atoms with E-state index < -0.39 is 0 Å². The molecule has 1 saturated heterocycles. The van der Waals surface area contributed by atoms with Crippen LogP contribution in [0.4, 0.5) is 4.79 Å². The van der Waals surface area contributed by atoms with Crippen molar-refractivity contribution in [3.05, 3.63) is 22.4 Å². The lowest BCUT2D eigenvalue weighted by Gasteiger charge is -2.16. The van der Waals surface area contributed by atoms with Crippen LogP contribution in [0.25, 0.3) is 0 Å². The fourth-order valence-corrected chi connectivity index (χ4v) is 3.03. The largest absolute Gasteiger partial charge is 0.338 e. The Morgan fingerprint density at radius 2 is 2.32 bits per heavy atom. The van der Waals surface area contributed by atoms with Gasteiger partial charge in [0, 0.05) is 23.9 Å². The zero-order valence-corrected chi connectivity index (χ0v) is 11.4. The van der Waals surface area contributed by atoms with Gasteiger partial charge in [-0.15, -0.1) is 11.3 Å². The molecular weight excluding hydrogens is 262 g/mol. The van der Waals surface area contributed by atoms with Crippen LogP contribution in [0.3, 0.4) is 0 Å². The lowest BCUT2D eigenvalue weighted by atomic mass is 10.2. The second-order valence-electron chi connectivity index (χ2n) is 5.08. The van der Waals surface area contributed by atoms with Gasteiger partial charge in [0.05, 0.1) is 12.6 Å². The van der Waals surface area contributed by atoms with Crippen LogP contribution in [0, 0.1) is 0 Å². The van der Waals surface area contributed by atoms with Gasteiger partial charge in [0.25, 0.3) is 0 Å². The zero-order chi connectivity index (χ0) is 13.2. The summed E-state index contributed by atoms with van der Waals surface area (Å²) in [7, 11) is 0. The number of likely N-dealkylation sites (tertiary alicyclic amines) is 1. The van der Waals surface area contributed by atoms with E-state index in [9.17, 15) is 9.59 Å². The van der Waals surface area contributed by atoms with E-state index in [0.717, 1.165) is 17.7 Å². The molecule has 1 aliphatic carbocycles. The van der Waals surface area contributed by atoms with Crippen LogP contribution in [0.2, 0.25) is 0 Å². The lowest BCUT2D eigenvalue weighted by molar-refractivity contribution is -0.128. The maximum Gasteiger partial charge on any atom is 0.315 e. The highest BCUT2D eigenvalue weighted by molar-refractivity contribution is 7.09. The molecular formula is C13H17N3O2S. The highest BCUT2D eigenvalue weighted by Gasteiger charge is 2.39. The van der Waals surface area contributed by atoms with Crippen LogP contribution in [0.5, 0.6) is 0 Å². The van der Waals surface area contributed by atoms with Gasteiger partial charge in [-0.25, -0.2) is 4.79 Å². The first-order valence-electron chi connectivity index (χ1n) is 6.58. The van der Waals surface area contributed by atoms with E-state index in [1.807, 2.05) is 22.4 Å². The summed E-state index contributed by atoms with van der Waals surface area (Å²) in [5, 5.41) is 7.68. The van der Waals surface area contributed by atoms with E-state index in [4.69, 9.17) is 0 Å². The average Bonchev–Trinajstić information content (AvgIpc) is 2.96. The molecule has 0 spiro atoms. The van der Waals surface area contributed by atoms with Crippen molar-refractivity contribution in [3.63, 3.8) is 0 Å². The van der Waals surface area contributed by atoms with E-state index in [-0.39, 0.29) is 18.0 Å². The summed E-state index contributed by atoms with van der Waals surface area (Å²) >= 11 is 1.62. The minimum atomic E-state index is -0.191. The van der Waals surface area contributed by atoms with Gasteiger partial charge in [0.1, 0.15) is 0 Å². The molecule has 3 rings (SSSR count). The fourth-order valence-electron chi connectivity index (χ4n) is 2.38. The first-order chi connectivity index (χ1) is 9.22. The molecule has 1 aliphatic heterocycles. The fraction of sp³-hybridized carbons (Fsp3) is 0.538. The van der Waals surface area contributed by atoms with Crippen molar-refractivity contribution in [1.29, 1.82) is 0 Å². The second-order valence-corrected chi connectivity index (χ2v) is 6.12. The number of hydrogen-bond acceptors (Lipinski definition) is 3. The number of rotatable bonds is 4. The molecule has 2 heterocycles. The zero-order valence-electron chi connectivity index (χ0n) is 10.6. The first kappa shape index (κ1) is 12.5. The molecule has 0 radical (unpaired) electrons. The molecule has 19 heavy (non-hydrogen) atoms. The van der Waals surface area contributed by atoms with E-state index in [1.54, 1.807) is 11.3 Å². The highest BCUT2D eigenvalue weighted by Crippen LogP contribution is 2.30. The summed E-state index contributed by atoms with van der Waals surface area (Å²) in [5.74, 6) is 0.172. The minimum absolute atomic E-state index is 0.0450. The van der Waals surface area contributed by atoms with Gasteiger partial charge >= 0.3 is 6.03 Å². The van der Waals surface area contributed by atoms with Crippen LogP contribution >= 0.6 is 11.3 Å². The Morgan fingerprint density at radius 1 is 1.47 bits per heavy atom. The Balaban J connectivity index is 1.43. The summed E-state index contributed by atoms with van der Waals surface area (Å²) < 4.78 is 0. The summed E-state index contributed by atoms with van der Waals surface area (Å²) in [6.07, 6.45) is 2.66. The molecule has 1 aromatic rings. The van der Waals surface area contributed by atoms with Crippen molar-refractivity contribution < 1.29 is 9.59 Å². The van der Waals surface area contributed by atoms with Gasteiger partial charge in [-0.05, 0) is 24.3 Å². The quantitative estimate of drug-likeness (QED) is 0.873. The van der Waals surface area contributed by atoms with Crippen molar-refractivity contribution >= 4 is 23.3 Å². The number of nitrogens with zero attached hydrogens (tertiary/aromatic N) is 1. The van der Waals surface area contributed by atoms with Crippen LogP contribution in [-0.4, -0.2) is 35.5 Å². The Morgan fingerprint density at radius 3 is 3.00 bits per heavy atom. The minimum Gasteiger partial charge on any atom is -0.338 e. The maximum atomic E-state index is 11.7.